The average Bonchev–Trinajstić information content (AvgIpc) is 3.04. The van der Waals surface area contributed by atoms with Crippen molar-refractivity contribution in [1.82, 2.24) is 9.62 Å². The van der Waals surface area contributed by atoms with Crippen molar-refractivity contribution in [3.05, 3.63) is 35.5 Å². The van der Waals surface area contributed by atoms with Crippen molar-refractivity contribution in [2.24, 2.45) is 4.40 Å². The highest BCUT2D eigenvalue weighted by atomic mass is 32.2. The molecular formula is C16H19N3O6S. The van der Waals surface area contributed by atoms with Crippen LogP contribution in [0.4, 0.5) is 0 Å². The van der Waals surface area contributed by atoms with Gasteiger partial charge < -0.3 is 19.5 Å². The van der Waals surface area contributed by atoms with Gasteiger partial charge in [0.05, 0.1) is 12.3 Å². The first kappa shape index (κ1) is 18.2. The lowest BCUT2D eigenvalue weighted by Gasteiger charge is -2.24. The zero-order chi connectivity index (χ0) is 18.9. The van der Waals surface area contributed by atoms with Crippen molar-refractivity contribution in [1.29, 1.82) is 0 Å². The summed E-state index contributed by atoms with van der Waals surface area (Å²) in [5.41, 5.74) is 0.614. The molecule has 26 heavy (non-hydrogen) atoms. The lowest BCUT2D eigenvalue weighted by molar-refractivity contribution is -0.119. The zero-order valence-electron chi connectivity index (χ0n) is 14.6. The quantitative estimate of drug-likeness (QED) is 0.793. The fourth-order valence-electron chi connectivity index (χ4n) is 2.55. The molecule has 2 aliphatic heterocycles. The van der Waals surface area contributed by atoms with Crippen LogP contribution in [-0.4, -0.2) is 57.9 Å². The van der Waals surface area contributed by atoms with Crippen LogP contribution in [0.25, 0.3) is 0 Å². The van der Waals surface area contributed by atoms with E-state index < -0.39 is 16.1 Å². The summed E-state index contributed by atoms with van der Waals surface area (Å²) in [6, 6.07) is 4.67. The number of carbonyl (C=O) groups excluding carboxylic acids is 1. The van der Waals surface area contributed by atoms with Crippen molar-refractivity contribution < 1.29 is 27.4 Å². The predicted molar refractivity (Wildman–Crippen MR) is 93.3 cm³/mol. The summed E-state index contributed by atoms with van der Waals surface area (Å²) >= 11 is 0. The molecule has 1 aromatic rings. The normalized spacial score (nSPS) is 18.8. The minimum atomic E-state index is -4.03. The highest BCUT2D eigenvalue weighted by molar-refractivity contribution is 7.88. The van der Waals surface area contributed by atoms with Crippen LogP contribution < -0.4 is 14.8 Å². The molecule has 0 spiro atoms. The van der Waals surface area contributed by atoms with Crippen molar-refractivity contribution >= 4 is 21.8 Å². The number of likely N-dealkylation sites (N-methyl/N-ethyl adjacent to an activating group) is 1. The van der Waals surface area contributed by atoms with E-state index in [0.717, 1.165) is 4.31 Å². The SMILES string of the molecule is COC[C@@H](C)NC(=O)C1=CC(c2ccc3c(c2)OCO3)=NS(=O)(=O)N1C. The van der Waals surface area contributed by atoms with Gasteiger partial charge in [-0.05, 0) is 31.2 Å². The molecule has 2 aliphatic rings. The minimum Gasteiger partial charge on any atom is -0.454 e. The molecule has 10 heteroatoms. The molecule has 0 fully saturated rings. The molecule has 0 saturated heterocycles. The first-order valence-electron chi connectivity index (χ1n) is 7.82. The van der Waals surface area contributed by atoms with Crippen LogP contribution in [-0.2, 0) is 19.7 Å². The Labute approximate surface area is 151 Å². The Bertz CT molecular complexity index is 893. The van der Waals surface area contributed by atoms with Crippen LogP contribution in [0.15, 0.2) is 34.4 Å². The lowest BCUT2D eigenvalue weighted by atomic mass is 10.1. The van der Waals surface area contributed by atoms with Crippen molar-refractivity contribution in [3.63, 3.8) is 0 Å². The highest BCUT2D eigenvalue weighted by Gasteiger charge is 2.31. The summed E-state index contributed by atoms with van der Waals surface area (Å²) < 4.78 is 44.9. The summed E-state index contributed by atoms with van der Waals surface area (Å²) in [6.07, 6.45) is 1.42. The van der Waals surface area contributed by atoms with Gasteiger partial charge in [0.1, 0.15) is 5.70 Å². The Hall–Kier alpha value is -2.59. The largest absolute Gasteiger partial charge is 0.454 e. The number of methoxy groups -OCH3 is 1. The second-order valence-corrected chi connectivity index (χ2v) is 7.48. The average molecular weight is 381 g/mol. The van der Waals surface area contributed by atoms with E-state index in [2.05, 4.69) is 9.71 Å². The first-order valence-corrected chi connectivity index (χ1v) is 9.22. The summed E-state index contributed by atoms with van der Waals surface area (Å²) in [5, 5.41) is 2.69. The standard InChI is InChI=1S/C16H19N3O6S/c1-10(8-23-3)17-16(20)13-7-12(18-26(21,22)19(13)2)11-4-5-14-15(6-11)25-9-24-14/h4-7,10H,8-9H2,1-3H3,(H,17,20)/t10-/m1/s1. The van der Waals surface area contributed by atoms with Crippen LogP contribution in [0.3, 0.4) is 0 Å². The minimum absolute atomic E-state index is 0.0318. The summed E-state index contributed by atoms with van der Waals surface area (Å²) in [7, 11) is -1.23. The van der Waals surface area contributed by atoms with Crippen LogP contribution in [0.5, 0.6) is 11.5 Å². The van der Waals surface area contributed by atoms with E-state index in [1.165, 1.54) is 20.2 Å². The van der Waals surface area contributed by atoms with Gasteiger partial charge in [-0.25, -0.2) is 4.31 Å². The van der Waals surface area contributed by atoms with Crippen molar-refractivity contribution in [2.45, 2.75) is 13.0 Å². The van der Waals surface area contributed by atoms with Gasteiger partial charge in [0.25, 0.3) is 5.91 Å². The van der Waals surface area contributed by atoms with Gasteiger partial charge in [0.15, 0.2) is 11.5 Å². The van der Waals surface area contributed by atoms with E-state index in [1.807, 2.05) is 0 Å². The Balaban J connectivity index is 1.95. The number of ether oxygens (including phenoxy) is 3. The number of fused-ring (bicyclic) bond motifs is 1. The Kier molecular flexibility index (Phi) is 4.88. The summed E-state index contributed by atoms with van der Waals surface area (Å²) in [4.78, 5) is 12.5. The molecule has 140 valence electrons. The van der Waals surface area contributed by atoms with E-state index in [4.69, 9.17) is 14.2 Å². The molecule has 0 saturated carbocycles. The third-order valence-corrected chi connectivity index (χ3v) is 5.18. The molecule has 2 heterocycles. The lowest BCUT2D eigenvalue weighted by Crippen LogP contribution is -2.42. The highest BCUT2D eigenvalue weighted by Crippen LogP contribution is 2.33. The van der Waals surface area contributed by atoms with E-state index in [9.17, 15) is 13.2 Å². The second-order valence-electron chi connectivity index (χ2n) is 5.85. The number of carbonyl (C=O) groups is 1. The fourth-order valence-corrected chi connectivity index (χ4v) is 3.46. The molecule has 1 amide bonds. The molecule has 1 N–H and O–H groups in total. The van der Waals surface area contributed by atoms with E-state index >= 15 is 0 Å². The van der Waals surface area contributed by atoms with Crippen LogP contribution in [0.1, 0.15) is 12.5 Å². The van der Waals surface area contributed by atoms with Gasteiger partial charge in [-0.15, -0.1) is 4.40 Å². The maximum atomic E-state index is 12.5. The smallest absolute Gasteiger partial charge is 0.345 e. The van der Waals surface area contributed by atoms with Gasteiger partial charge in [-0.2, -0.15) is 8.42 Å². The number of rotatable bonds is 5. The number of benzene rings is 1. The zero-order valence-corrected chi connectivity index (χ0v) is 15.4. The van der Waals surface area contributed by atoms with Gasteiger partial charge in [-0.1, -0.05) is 0 Å². The fraction of sp³-hybridized carbons (Fsp3) is 0.375. The van der Waals surface area contributed by atoms with E-state index in [1.54, 1.807) is 25.1 Å². The molecular weight excluding hydrogens is 362 g/mol. The maximum absolute atomic E-state index is 12.5. The van der Waals surface area contributed by atoms with Crippen LogP contribution >= 0.6 is 0 Å². The summed E-state index contributed by atoms with van der Waals surface area (Å²) in [5.74, 6) is 0.531. The molecule has 0 radical (unpaired) electrons. The molecule has 0 aliphatic carbocycles. The molecule has 3 rings (SSSR count). The predicted octanol–water partition coefficient (Wildman–Crippen LogP) is 0.430. The Morgan fingerprint density at radius 3 is 2.85 bits per heavy atom. The monoisotopic (exact) mass is 381 g/mol. The number of nitrogens with one attached hydrogen (secondary N) is 1. The molecule has 9 nitrogen and oxygen atoms in total. The van der Waals surface area contributed by atoms with E-state index in [0.29, 0.717) is 23.7 Å². The number of hydrogen-bond donors (Lipinski definition) is 1. The Morgan fingerprint density at radius 2 is 2.12 bits per heavy atom. The molecule has 0 aromatic heterocycles. The number of hydrogen-bond acceptors (Lipinski definition) is 6. The number of amides is 1. The third-order valence-electron chi connectivity index (χ3n) is 3.87. The second kappa shape index (κ2) is 6.96. The van der Waals surface area contributed by atoms with Gasteiger partial charge in [0.2, 0.25) is 6.79 Å². The van der Waals surface area contributed by atoms with Gasteiger partial charge in [0, 0.05) is 25.8 Å². The number of nitrogens with zero attached hydrogens (tertiary/aromatic N) is 2. The van der Waals surface area contributed by atoms with Gasteiger partial charge >= 0.3 is 10.2 Å². The van der Waals surface area contributed by atoms with Crippen LogP contribution in [0.2, 0.25) is 0 Å². The van der Waals surface area contributed by atoms with E-state index in [-0.39, 0.29) is 24.2 Å². The Morgan fingerprint density at radius 1 is 1.38 bits per heavy atom. The van der Waals surface area contributed by atoms with Crippen LogP contribution in [0, 0.1) is 0 Å². The number of allylic oxidation sites excluding steroid dienone is 1. The molecule has 0 unspecified atom stereocenters. The van der Waals surface area contributed by atoms with Crippen molar-refractivity contribution in [2.75, 3.05) is 27.6 Å². The third kappa shape index (κ3) is 3.51. The molecule has 1 aromatic carbocycles. The van der Waals surface area contributed by atoms with Gasteiger partial charge in [-0.3, -0.25) is 4.79 Å². The molecule has 0 bridgehead atoms. The topological polar surface area (TPSA) is 107 Å². The maximum Gasteiger partial charge on any atom is 0.345 e. The van der Waals surface area contributed by atoms with Crippen molar-refractivity contribution in [3.8, 4) is 11.5 Å². The summed E-state index contributed by atoms with van der Waals surface area (Å²) in [6.45, 7) is 2.16. The first-order chi connectivity index (χ1) is 12.3. The molecule has 1 atom stereocenters.